The van der Waals surface area contributed by atoms with Crippen molar-refractivity contribution in [2.75, 3.05) is 0 Å². The zero-order valence-electron chi connectivity index (χ0n) is 12.4. The van der Waals surface area contributed by atoms with E-state index in [-0.39, 0.29) is 5.97 Å². The Hall–Kier alpha value is -3.20. The lowest BCUT2D eigenvalue weighted by atomic mass is 10.1. The SMILES string of the molecule is O=C(OC(=Cc1ccncc1)c1ccccc1)c1ccccc1. The number of hydrogen-bond donors (Lipinski definition) is 0. The largest absolute Gasteiger partial charge is 0.422 e. The van der Waals surface area contributed by atoms with Gasteiger partial charge in [-0.3, -0.25) is 4.98 Å². The normalized spacial score (nSPS) is 11.0. The van der Waals surface area contributed by atoms with Crippen LogP contribution in [-0.4, -0.2) is 11.0 Å². The van der Waals surface area contributed by atoms with Crippen LogP contribution in [0.3, 0.4) is 0 Å². The van der Waals surface area contributed by atoms with Crippen molar-refractivity contribution < 1.29 is 9.53 Å². The van der Waals surface area contributed by atoms with E-state index >= 15 is 0 Å². The number of carbonyl (C=O) groups excluding carboxylic acids is 1. The predicted octanol–water partition coefficient (Wildman–Crippen LogP) is 4.44. The molecule has 112 valence electrons. The van der Waals surface area contributed by atoms with Crippen LogP contribution in [0.1, 0.15) is 21.5 Å². The highest BCUT2D eigenvalue weighted by Gasteiger charge is 2.11. The van der Waals surface area contributed by atoms with E-state index in [9.17, 15) is 4.79 Å². The number of esters is 1. The Bertz CT molecular complexity index is 797. The fraction of sp³-hybridized carbons (Fsp3) is 0. The number of ether oxygens (including phenoxy) is 1. The first-order chi connectivity index (χ1) is 11.3. The summed E-state index contributed by atoms with van der Waals surface area (Å²) in [6.07, 6.45) is 5.23. The molecule has 0 amide bonds. The maximum absolute atomic E-state index is 12.3. The second kappa shape index (κ2) is 7.18. The molecule has 0 aliphatic rings. The highest BCUT2D eigenvalue weighted by Crippen LogP contribution is 2.21. The first-order valence-corrected chi connectivity index (χ1v) is 7.27. The summed E-state index contributed by atoms with van der Waals surface area (Å²) in [4.78, 5) is 16.3. The molecule has 3 heteroatoms. The van der Waals surface area contributed by atoms with E-state index in [2.05, 4.69) is 4.98 Å². The summed E-state index contributed by atoms with van der Waals surface area (Å²) in [6.45, 7) is 0. The lowest BCUT2D eigenvalue weighted by molar-refractivity contribution is 0.0693. The molecular formula is C20H15NO2. The maximum Gasteiger partial charge on any atom is 0.343 e. The van der Waals surface area contributed by atoms with Gasteiger partial charge in [-0.2, -0.15) is 0 Å². The third kappa shape index (κ3) is 3.92. The molecule has 23 heavy (non-hydrogen) atoms. The molecule has 0 saturated heterocycles. The molecule has 3 rings (SSSR count). The zero-order chi connectivity index (χ0) is 15.9. The van der Waals surface area contributed by atoms with Gasteiger partial charge in [-0.15, -0.1) is 0 Å². The van der Waals surface area contributed by atoms with Crippen LogP contribution >= 0.6 is 0 Å². The van der Waals surface area contributed by atoms with Gasteiger partial charge in [0.25, 0.3) is 0 Å². The molecule has 0 unspecified atom stereocenters. The van der Waals surface area contributed by atoms with Crippen LogP contribution < -0.4 is 0 Å². The summed E-state index contributed by atoms with van der Waals surface area (Å²) in [7, 11) is 0. The molecule has 0 N–H and O–H groups in total. The minimum Gasteiger partial charge on any atom is -0.422 e. The van der Waals surface area contributed by atoms with Crippen LogP contribution in [-0.2, 0) is 4.74 Å². The number of aromatic nitrogens is 1. The molecule has 1 heterocycles. The van der Waals surface area contributed by atoms with Crippen molar-refractivity contribution in [3.8, 4) is 0 Å². The van der Waals surface area contributed by atoms with E-state index in [1.807, 2.05) is 66.7 Å². The number of carbonyl (C=O) groups is 1. The average Bonchev–Trinajstić information content (AvgIpc) is 2.63. The van der Waals surface area contributed by atoms with Crippen LogP contribution in [0.4, 0.5) is 0 Å². The summed E-state index contributed by atoms with van der Waals surface area (Å²) in [5, 5.41) is 0. The van der Waals surface area contributed by atoms with Crippen molar-refractivity contribution in [1.82, 2.24) is 4.98 Å². The number of pyridine rings is 1. The molecule has 0 aliphatic heterocycles. The van der Waals surface area contributed by atoms with Gasteiger partial charge in [0, 0.05) is 18.0 Å². The van der Waals surface area contributed by atoms with Gasteiger partial charge in [0.1, 0.15) is 5.76 Å². The Kier molecular flexibility index (Phi) is 4.60. The van der Waals surface area contributed by atoms with Gasteiger partial charge in [-0.1, -0.05) is 48.5 Å². The molecule has 2 aromatic carbocycles. The van der Waals surface area contributed by atoms with Gasteiger partial charge >= 0.3 is 5.97 Å². The van der Waals surface area contributed by atoms with Gasteiger partial charge in [0.15, 0.2) is 0 Å². The van der Waals surface area contributed by atoms with E-state index in [4.69, 9.17) is 4.74 Å². The number of rotatable bonds is 4. The van der Waals surface area contributed by atoms with Crippen molar-refractivity contribution in [2.45, 2.75) is 0 Å². The Balaban J connectivity index is 1.93. The van der Waals surface area contributed by atoms with Gasteiger partial charge in [-0.25, -0.2) is 4.79 Å². The molecule has 0 atom stereocenters. The third-order valence-electron chi connectivity index (χ3n) is 3.27. The summed E-state index contributed by atoms with van der Waals surface area (Å²) < 4.78 is 5.63. The standard InChI is InChI=1S/C20H15NO2/c22-20(18-9-5-2-6-10-18)23-19(17-7-3-1-4-8-17)15-16-11-13-21-14-12-16/h1-15H. The minimum absolute atomic E-state index is 0.380. The highest BCUT2D eigenvalue weighted by molar-refractivity contribution is 5.95. The van der Waals surface area contributed by atoms with Crippen molar-refractivity contribution in [2.24, 2.45) is 0 Å². The van der Waals surface area contributed by atoms with Crippen LogP contribution in [0, 0.1) is 0 Å². The number of benzene rings is 2. The molecule has 3 nitrogen and oxygen atoms in total. The van der Waals surface area contributed by atoms with Crippen LogP contribution in [0.15, 0.2) is 85.2 Å². The van der Waals surface area contributed by atoms with Gasteiger partial charge < -0.3 is 4.74 Å². The summed E-state index contributed by atoms with van der Waals surface area (Å²) in [5.41, 5.74) is 2.28. The lowest BCUT2D eigenvalue weighted by Crippen LogP contribution is -2.04. The monoisotopic (exact) mass is 301 g/mol. The van der Waals surface area contributed by atoms with Gasteiger partial charge in [0.2, 0.25) is 0 Å². The average molecular weight is 301 g/mol. The molecule has 0 fully saturated rings. The van der Waals surface area contributed by atoms with Crippen LogP contribution in [0.2, 0.25) is 0 Å². The second-order valence-corrected chi connectivity index (χ2v) is 4.91. The quantitative estimate of drug-likeness (QED) is 0.528. The van der Waals surface area contributed by atoms with Crippen LogP contribution in [0.25, 0.3) is 11.8 Å². The van der Waals surface area contributed by atoms with Crippen LogP contribution in [0.5, 0.6) is 0 Å². The topological polar surface area (TPSA) is 39.2 Å². The first kappa shape index (κ1) is 14.7. The van der Waals surface area contributed by atoms with E-state index < -0.39 is 0 Å². The third-order valence-corrected chi connectivity index (χ3v) is 3.27. The van der Waals surface area contributed by atoms with E-state index in [0.29, 0.717) is 11.3 Å². The smallest absolute Gasteiger partial charge is 0.343 e. The fourth-order valence-electron chi connectivity index (χ4n) is 2.12. The maximum atomic E-state index is 12.3. The van der Waals surface area contributed by atoms with Crippen molar-refractivity contribution in [3.63, 3.8) is 0 Å². The predicted molar refractivity (Wildman–Crippen MR) is 90.4 cm³/mol. The van der Waals surface area contributed by atoms with Crippen molar-refractivity contribution >= 4 is 17.8 Å². The molecule has 1 aromatic heterocycles. The Morgan fingerprint density at radius 3 is 1.96 bits per heavy atom. The molecule has 0 spiro atoms. The number of nitrogens with zero attached hydrogens (tertiary/aromatic N) is 1. The molecule has 3 aromatic rings. The molecule has 0 aliphatic carbocycles. The number of hydrogen-bond acceptors (Lipinski definition) is 3. The molecular weight excluding hydrogens is 286 g/mol. The fourth-order valence-corrected chi connectivity index (χ4v) is 2.12. The van der Waals surface area contributed by atoms with Crippen molar-refractivity contribution in [1.29, 1.82) is 0 Å². The lowest BCUT2D eigenvalue weighted by Gasteiger charge is -2.09. The highest BCUT2D eigenvalue weighted by atomic mass is 16.5. The molecule has 0 bridgehead atoms. The Labute approximate surface area is 134 Å². The van der Waals surface area contributed by atoms with E-state index in [1.54, 1.807) is 24.5 Å². The zero-order valence-corrected chi connectivity index (χ0v) is 12.4. The summed E-state index contributed by atoms with van der Waals surface area (Å²) >= 11 is 0. The molecule has 0 radical (unpaired) electrons. The van der Waals surface area contributed by atoms with E-state index in [1.165, 1.54) is 0 Å². The second-order valence-electron chi connectivity index (χ2n) is 4.91. The summed E-state index contributed by atoms with van der Waals surface area (Å²) in [5.74, 6) is 0.125. The van der Waals surface area contributed by atoms with E-state index in [0.717, 1.165) is 11.1 Å². The van der Waals surface area contributed by atoms with Gasteiger partial charge in [-0.05, 0) is 35.9 Å². The Morgan fingerprint density at radius 1 is 0.783 bits per heavy atom. The first-order valence-electron chi connectivity index (χ1n) is 7.27. The minimum atomic E-state index is -0.380. The van der Waals surface area contributed by atoms with Crippen molar-refractivity contribution in [3.05, 3.63) is 102 Å². The van der Waals surface area contributed by atoms with Gasteiger partial charge in [0.05, 0.1) is 5.56 Å². The molecule has 0 saturated carbocycles. The Morgan fingerprint density at radius 2 is 1.35 bits per heavy atom. The summed E-state index contributed by atoms with van der Waals surface area (Å²) in [6, 6.07) is 22.2.